The van der Waals surface area contributed by atoms with Gasteiger partial charge in [-0.2, -0.15) is 9.61 Å². The molecule has 0 spiro atoms. The van der Waals surface area contributed by atoms with E-state index in [0.717, 1.165) is 29.6 Å². The molecule has 1 aromatic carbocycles. The number of halogens is 2. The van der Waals surface area contributed by atoms with Crippen LogP contribution in [0.25, 0.3) is 28.1 Å². The zero-order valence-corrected chi connectivity index (χ0v) is 21.0. The number of pyridine rings is 1. The molecule has 184 valence electrons. The highest BCUT2D eigenvalue weighted by atomic mass is 35.5. The largest absolute Gasteiger partial charge is 0.379 e. The van der Waals surface area contributed by atoms with E-state index in [1.807, 2.05) is 37.4 Å². The van der Waals surface area contributed by atoms with Gasteiger partial charge in [0, 0.05) is 31.1 Å². The Labute approximate surface area is 208 Å². The highest BCUT2D eigenvalue weighted by Crippen LogP contribution is 2.34. The highest BCUT2D eigenvalue weighted by molar-refractivity contribution is 6.34. The van der Waals surface area contributed by atoms with Gasteiger partial charge in [-0.15, -0.1) is 10.2 Å². The Morgan fingerprint density at radius 2 is 1.97 bits per heavy atom. The van der Waals surface area contributed by atoms with Crippen molar-refractivity contribution in [2.45, 2.75) is 38.8 Å². The molecule has 4 aromatic rings. The lowest BCUT2D eigenvalue weighted by Crippen LogP contribution is -2.43. The maximum Gasteiger partial charge on any atom is 0.203 e. The molecule has 10 heteroatoms. The van der Waals surface area contributed by atoms with Crippen molar-refractivity contribution in [3.63, 3.8) is 0 Å². The van der Waals surface area contributed by atoms with Crippen molar-refractivity contribution in [2.75, 3.05) is 43.4 Å². The number of hydrogen-bond acceptors (Lipinski definition) is 7. The van der Waals surface area contributed by atoms with E-state index in [4.69, 9.17) is 16.6 Å². The summed E-state index contributed by atoms with van der Waals surface area (Å²) in [7, 11) is 2.05. The fraction of sp³-hybridized carbons (Fsp3) is 0.440. The first kappa shape index (κ1) is 23.7. The van der Waals surface area contributed by atoms with Crippen molar-refractivity contribution in [1.82, 2.24) is 30.1 Å². The van der Waals surface area contributed by atoms with Gasteiger partial charge in [-0.1, -0.05) is 30.7 Å². The van der Waals surface area contributed by atoms with E-state index < -0.39 is 5.67 Å². The van der Waals surface area contributed by atoms with Crippen LogP contribution in [0.4, 0.5) is 15.8 Å². The molecule has 1 saturated heterocycles. The summed E-state index contributed by atoms with van der Waals surface area (Å²) in [6.07, 6.45) is 3.81. The van der Waals surface area contributed by atoms with Crippen LogP contribution in [-0.2, 0) is 0 Å². The monoisotopic (exact) mass is 496 g/mol. The van der Waals surface area contributed by atoms with Crippen LogP contribution in [0.1, 0.15) is 31.7 Å². The third kappa shape index (κ3) is 4.50. The van der Waals surface area contributed by atoms with E-state index in [9.17, 15) is 0 Å². The second kappa shape index (κ2) is 9.54. The summed E-state index contributed by atoms with van der Waals surface area (Å²) >= 11 is 6.54. The minimum Gasteiger partial charge on any atom is -0.379 e. The fourth-order valence-corrected chi connectivity index (χ4v) is 4.92. The number of hydrogen-bond donors (Lipinski definition) is 2. The van der Waals surface area contributed by atoms with Crippen molar-refractivity contribution in [1.29, 1.82) is 0 Å². The maximum absolute atomic E-state index is 15.2. The van der Waals surface area contributed by atoms with Crippen LogP contribution in [0.5, 0.6) is 0 Å². The number of nitrogens with one attached hydrogen (secondary N) is 2. The molecule has 2 N–H and O–H groups in total. The average molecular weight is 497 g/mol. The molecule has 1 aliphatic heterocycles. The Kier molecular flexibility index (Phi) is 6.46. The molecule has 8 nitrogen and oxygen atoms in total. The topological polar surface area (TPSA) is 83.3 Å². The molecule has 4 heterocycles. The molecule has 5 rings (SSSR count). The number of piperidine rings is 1. The lowest BCUT2D eigenvalue weighted by molar-refractivity contribution is 0.131. The molecule has 0 saturated carbocycles. The third-order valence-corrected chi connectivity index (χ3v) is 7.06. The van der Waals surface area contributed by atoms with Crippen LogP contribution in [0.15, 0.2) is 30.5 Å². The Morgan fingerprint density at radius 3 is 2.74 bits per heavy atom. The molecular formula is C25H30ClFN8. The van der Waals surface area contributed by atoms with Crippen LogP contribution in [0.3, 0.4) is 0 Å². The van der Waals surface area contributed by atoms with Gasteiger partial charge in [0.1, 0.15) is 11.4 Å². The van der Waals surface area contributed by atoms with E-state index in [1.165, 1.54) is 0 Å². The standard InChI is InChI=1S/C25H30ClFN8/c1-4-13-34(3)20-14-30-35-23(16(20)2)32-33-24(35)19-8-6-17-5-7-18(26)22(21(17)31-19)29-15-25(27)9-11-28-12-10-25/h5-8,14,28-29H,4,9-13,15H2,1-3H3. The smallest absolute Gasteiger partial charge is 0.203 e. The zero-order valence-electron chi connectivity index (χ0n) is 20.3. The Morgan fingerprint density at radius 1 is 1.20 bits per heavy atom. The fourth-order valence-electron chi connectivity index (χ4n) is 4.70. The molecular weight excluding hydrogens is 467 g/mol. The van der Waals surface area contributed by atoms with E-state index >= 15 is 4.39 Å². The van der Waals surface area contributed by atoms with Gasteiger partial charge in [0.15, 0.2) is 5.65 Å². The van der Waals surface area contributed by atoms with Crippen molar-refractivity contribution >= 4 is 39.5 Å². The number of rotatable bonds is 7. The van der Waals surface area contributed by atoms with Gasteiger partial charge in [-0.25, -0.2) is 9.37 Å². The molecule has 0 bridgehead atoms. The summed E-state index contributed by atoms with van der Waals surface area (Å²) in [4.78, 5) is 7.05. The Balaban J connectivity index is 1.53. The van der Waals surface area contributed by atoms with E-state index in [1.54, 1.807) is 4.52 Å². The molecule has 0 radical (unpaired) electrons. The second-order valence-corrected chi connectivity index (χ2v) is 9.69. The Bertz CT molecular complexity index is 1360. The first-order chi connectivity index (χ1) is 16.9. The van der Waals surface area contributed by atoms with Gasteiger partial charge < -0.3 is 15.5 Å². The Hall–Kier alpha value is -3.04. The van der Waals surface area contributed by atoms with Crippen LogP contribution < -0.4 is 15.5 Å². The lowest BCUT2D eigenvalue weighted by Gasteiger charge is -2.30. The summed E-state index contributed by atoms with van der Waals surface area (Å²) in [5.41, 5.74) is 3.37. The van der Waals surface area contributed by atoms with Crippen molar-refractivity contribution in [2.24, 2.45) is 0 Å². The molecule has 0 unspecified atom stereocenters. The number of fused-ring (bicyclic) bond motifs is 2. The van der Waals surface area contributed by atoms with Gasteiger partial charge in [-0.05, 0) is 51.4 Å². The van der Waals surface area contributed by atoms with E-state index in [-0.39, 0.29) is 6.54 Å². The van der Waals surface area contributed by atoms with E-state index in [2.05, 4.69) is 44.8 Å². The van der Waals surface area contributed by atoms with Gasteiger partial charge >= 0.3 is 0 Å². The van der Waals surface area contributed by atoms with Crippen molar-refractivity contribution in [3.05, 3.63) is 41.0 Å². The summed E-state index contributed by atoms with van der Waals surface area (Å²) in [5.74, 6) is 0.543. The summed E-state index contributed by atoms with van der Waals surface area (Å²) in [5, 5.41) is 21.3. The SMILES string of the molecule is CCCN(C)c1cnn2c(-c3ccc4ccc(Cl)c(NCC5(F)CCNCC5)c4n3)nnc2c1C. The predicted octanol–water partition coefficient (Wildman–Crippen LogP) is 4.65. The van der Waals surface area contributed by atoms with Crippen LogP contribution in [0.2, 0.25) is 5.02 Å². The molecule has 0 amide bonds. The normalized spacial score (nSPS) is 15.6. The number of anilines is 2. The average Bonchev–Trinajstić information content (AvgIpc) is 3.29. The van der Waals surface area contributed by atoms with Gasteiger partial charge in [0.25, 0.3) is 0 Å². The first-order valence-electron chi connectivity index (χ1n) is 12.1. The maximum atomic E-state index is 15.2. The van der Waals surface area contributed by atoms with Gasteiger partial charge in [0.05, 0.1) is 28.1 Å². The second-order valence-electron chi connectivity index (χ2n) is 9.28. The van der Waals surface area contributed by atoms with E-state index in [0.29, 0.717) is 59.3 Å². The molecule has 3 aromatic heterocycles. The third-order valence-electron chi connectivity index (χ3n) is 6.75. The molecule has 1 aliphatic rings. The number of alkyl halides is 1. The van der Waals surface area contributed by atoms with Crippen molar-refractivity contribution in [3.8, 4) is 11.5 Å². The van der Waals surface area contributed by atoms with Crippen LogP contribution in [-0.4, -0.2) is 63.7 Å². The number of aryl methyl sites for hydroxylation is 1. The molecule has 0 aliphatic carbocycles. The summed E-state index contributed by atoms with van der Waals surface area (Å²) < 4.78 is 17.0. The predicted molar refractivity (Wildman–Crippen MR) is 139 cm³/mol. The number of benzene rings is 1. The van der Waals surface area contributed by atoms with Crippen LogP contribution in [0, 0.1) is 6.92 Å². The first-order valence-corrected chi connectivity index (χ1v) is 12.4. The quantitative estimate of drug-likeness (QED) is 0.385. The number of nitrogens with zero attached hydrogens (tertiary/aromatic N) is 6. The van der Waals surface area contributed by atoms with Crippen molar-refractivity contribution < 1.29 is 4.39 Å². The number of aromatic nitrogens is 5. The minimum atomic E-state index is -1.28. The molecule has 1 fully saturated rings. The molecule has 0 atom stereocenters. The molecule has 35 heavy (non-hydrogen) atoms. The minimum absolute atomic E-state index is 0.183. The van der Waals surface area contributed by atoms with Gasteiger partial charge in [0.2, 0.25) is 5.82 Å². The zero-order chi connectivity index (χ0) is 24.6. The summed E-state index contributed by atoms with van der Waals surface area (Å²) in [6, 6.07) is 7.59. The lowest BCUT2D eigenvalue weighted by atomic mass is 9.94. The highest BCUT2D eigenvalue weighted by Gasteiger charge is 2.31. The van der Waals surface area contributed by atoms with Gasteiger partial charge in [-0.3, -0.25) is 0 Å². The summed E-state index contributed by atoms with van der Waals surface area (Å²) in [6.45, 7) is 6.63. The van der Waals surface area contributed by atoms with Crippen LogP contribution >= 0.6 is 11.6 Å².